The Morgan fingerprint density at radius 3 is 2.46 bits per heavy atom. The summed E-state index contributed by atoms with van der Waals surface area (Å²) in [5, 5.41) is 10.6. The first-order valence-corrected chi connectivity index (χ1v) is 7.71. The minimum absolute atomic E-state index is 0.134. The van der Waals surface area contributed by atoms with E-state index in [1.165, 1.54) is 0 Å². The number of furan rings is 1. The molecule has 0 unspecified atom stereocenters. The zero-order chi connectivity index (χ0) is 17.6. The van der Waals surface area contributed by atoms with Crippen LogP contribution in [0.4, 0.5) is 0 Å². The molecule has 2 heterocycles. The van der Waals surface area contributed by atoms with Gasteiger partial charge in [-0.3, -0.25) is 0 Å². The van der Waals surface area contributed by atoms with Crippen molar-refractivity contribution in [2.45, 2.75) is 45.1 Å². The molecule has 8 heteroatoms. The molecular weight excluding hydrogens is 320 g/mol. The molecule has 0 amide bonds. The van der Waals surface area contributed by atoms with Crippen molar-refractivity contribution in [3.05, 3.63) is 23.2 Å². The van der Waals surface area contributed by atoms with E-state index in [2.05, 4.69) is 0 Å². The lowest BCUT2D eigenvalue weighted by atomic mass is 10.1. The summed E-state index contributed by atoms with van der Waals surface area (Å²) in [4.78, 5) is 0. The first-order valence-electron chi connectivity index (χ1n) is 7.71. The van der Waals surface area contributed by atoms with E-state index in [1.54, 1.807) is 34.3 Å². The molecule has 1 fully saturated rings. The van der Waals surface area contributed by atoms with Crippen LogP contribution in [-0.2, 0) is 41.6 Å². The molecule has 24 heavy (non-hydrogen) atoms. The molecule has 1 saturated heterocycles. The summed E-state index contributed by atoms with van der Waals surface area (Å²) in [6, 6.07) is 0. The van der Waals surface area contributed by atoms with Gasteiger partial charge >= 0.3 is 0 Å². The van der Waals surface area contributed by atoms with Gasteiger partial charge in [-0.05, 0) is 13.8 Å². The predicted octanol–water partition coefficient (Wildman–Crippen LogP) is 1.71. The lowest BCUT2D eigenvalue weighted by molar-refractivity contribution is -0.153. The largest absolute Gasteiger partial charge is 0.466 e. The number of aliphatic hydroxyl groups excluding tert-OH is 1. The van der Waals surface area contributed by atoms with Gasteiger partial charge < -0.3 is 37.9 Å². The van der Waals surface area contributed by atoms with Gasteiger partial charge in [0.15, 0.2) is 5.79 Å². The molecule has 138 valence electrons. The SMILES string of the molecule is COCOCc1coc([C@@H](O)[C@@H]2COC(C)(C)O2)c1COCOC. The Hall–Kier alpha value is -1.00. The van der Waals surface area contributed by atoms with E-state index in [0.717, 1.165) is 5.56 Å². The van der Waals surface area contributed by atoms with Crippen molar-refractivity contribution < 1.29 is 37.9 Å². The number of rotatable bonds is 10. The van der Waals surface area contributed by atoms with Crippen molar-refractivity contribution >= 4 is 0 Å². The fourth-order valence-electron chi connectivity index (χ4n) is 2.47. The third-order valence-electron chi connectivity index (χ3n) is 3.57. The molecule has 2 rings (SSSR count). The summed E-state index contributed by atoms with van der Waals surface area (Å²) >= 11 is 0. The highest BCUT2D eigenvalue weighted by atomic mass is 16.7. The van der Waals surface area contributed by atoms with Crippen LogP contribution in [0.25, 0.3) is 0 Å². The first kappa shape index (κ1) is 19.3. The van der Waals surface area contributed by atoms with Crippen LogP contribution < -0.4 is 0 Å². The number of hydrogen-bond donors (Lipinski definition) is 1. The van der Waals surface area contributed by atoms with Crippen LogP contribution >= 0.6 is 0 Å². The lowest BCUT2D eigenvalue weighted by Crippen LogP contribution is -2.25. The van der Waals surface area contributed by atoms with Crippen LogP contribution in [0.1, 0.15) is 36.8 Å². The predicted molar refractivity (Wildman–Crippen MR) is 81.9 cm³/mol. The third-order valence-corrected chi connectivity index (χ3v) is 3.57. The van der Waals surface area contributed by atoms with Gasteiger partial charge in [0.1, 0.15) is 31.6 Å². The van der Waals surface area contributed by atoms with Gasteiger partial charge in [0.05, 0.1) is 26.1 Å². The summed E-state index contributed by atoms with van der Waals surface area (Å²) in [7, 11) is 3.09. The van der Waals surface area contributed by atoms with E-state index in [1.807, 2.05) is 0 Å². The molecule has 0 spiro atoms. The molecule has 1 aromatic rings. The zero-order valence-electron chi connectivity index (χ0n) is 14.6. The maximum absolute atomic E-state index is 10.6. The highest BCUT2D eigenvalue weighted by molar-refractivity contribution is 5.29. The Labute approximate surface area is 141 Å². The molecule has 1 aromatic heterocycles. The minimum Gasteiger partial charge on any atom is -0.466 e. The van der Waals surface area contributed by atoms with Crippen LogP contribution in [-0.4, -0.2) is 51.4 Å². The maximum atomic E-state index is 10.6. The van der Waals surface area contributed by atoms with E-state index >= 15 is 0 Å². The molecule has 1 aliphatic rings. The van der Waals surface area contributed by atoms with Gasteiger partial charge in [-0.25, -0.2) is 0 Å². The molecule has 0 radical (unpaired) electrons. The average Bonchev–Trinajstić information content (AvgIpc) is 3.11. The van der Waals surface area contributed by atoms with Gasteiger partial charge in [0.25, 0.3) is 0 Å². The van der Waals surface area contributed by atoms with Crippen molar-refractivity contribution in [2.24, 2.45) is 0 Å². The Balaban J connectivity index is 2.11. The second kappa shape index (κ2) is 8.91. The number of aliphatic hydroxyl groups is 1. The number of methoxy groups -OCH3 is 2. The van der Waals surface area contributed by atoms with Gasteiger partial charge in [-0.1, -0.05) is 0 Å². The van der Waals surface area contributed by atoms with E-state index in [9.17, 15) is 5.11 Å². The van der Waals surface area contributed by atoms with Crippen LogP contribution in [0.2, 0.25) is 0 Å². The topological polar surface area (TPSA) is 88.8 Å². The van der Waals surface area contributed by atoms with Crippen molar-refractivity contribution in [3.63, 3.8) is 0 Å². The minimum atomic E-state index is -0.968. The van der Waals surface area contributed by atoms with Crippen LogP contribution in [0.3, 0.4) is 0 Å². The maximum Gasteiger partial charge on any atom is 0.163 e. The molecule has 1 N–H and O–H groups in total. The average molecular weight is 346 g/mol. The van der Waals surface area contributed by atoms with Crippen molar-refractivity contribution in [1.82, 2.24) is 0 Å². The highest BCUT2D eigenvalue weighted by Gasteiger charge is 2.39. The van der Waals surface area contributed by atoms with Crippen LogP contribution in [0, 0.1) is 0 Å². The van der Waals surface area contributed by atoms with E-state index in [4.69, 9.17) is 32.8 Å². The zero-order valence-corrected chi connectivity index (χ0v) is 14.6. The fourth-order valence-corrected chi connectivity index (χ4v) is 2.47. The van der Waals surface area contributed by atoms with Crippen molar-refractivity contribution in [1.29, 1.82) is 0 Å². The highest BCUT2D eigenvalue weighted by Crippen LogP contribution is 2.34. The Kier molecular flexibility index (Phi) is 7.17. The second-order valence-corrected chi connectivity index (χ2v) is 5.93. The second-order valence-electron chi connectivity index (χ2n) is 5.93. The van der Waals surface area contributed by atoms with Gasteiger partial charge in [0.2, 0.25) is 0 Å². The summed E-state index contributed by atoms with van der Waals surface area (Å²) in [6.45, 7) is 4.68. The first-order chi connectivity index (χ1) is 11.5. The standard InChI is InChI=1S/C16H26O8/c1-16(2)23-8-13(24-16)14(17)15-12(7-21-10-19-4)11(6-22-15)5-20-9-18-3/h6,13-14,17H,5,7-10H2,1-4H3/t13-,14-/m0/s1. The molecule has 0 bridgehead atoms. The quantitative estimate of drug-likeness (QED) is 0.506. The summed E-state index contributed by atoms with van der Waals surface area (Å²) in [5.74, 6) is -0.344. The molecule has 0 aromatic carbocycles. The lowest BCUT2D eigenvalue weighted by Gasteiger charge is -2.20. The van der Waals surface area contributed by atoms with Crippen molar-refractivity contribution in [2.75, 3.05) is 34.4 Å². The van der Waals surface area contributed by atoms with Gasteiger partial charge in [-0.2, -0.15) is 0 Å². The molecule has 1 aliphatic heterocycles. The van der Waals surface area contributed by atoms with E-state index in [-0.39, 0.29) is 33.4 Å². The summed E-state index contributed by atoms with van der Waals surface area (Å²) < 4.78 is 37.3. The Bertz CT molecular complexity index is 498. The number of hydrogen-bond acceptors (Lipinski definition) is 8. The third kappa shape index (κ3) is 5.00. The smallest absolute Gasteiger partial charge is 0.163 e. The number of ether oxygens (including phenoxy) is 6. The molecular formula is C16H26O8. The molecule has 0 aliphatic carbocycles. The summed E-state index contributed by atoms with van der Waals surface area (Å²) in [6.07, 6.45) is 0.0601. The monoisotopic (exact) mass is 346 g/mol. The van der Waals surface area contributed by atoms with Crippen LogP contribution in [0.5, 0.6) is 0 Å². The normalized spacial score (nSPS) is 21.3. The van der Waals surface area contributed by atoms with Crippen molar-refractivity contribution in [3.8, 4) is 0 Å². The summed E-state index contributed by atoms with van der Waals surface area (Å²) in [5.41, 5.74) is 1.49. The Morgan fingerprint density at radius 2 is 1.88 bits per heavy atom. The molecule has 0 saturated carbocycles. The molecule has 8 nitrogen and oxygen atoms in total. The van der Waals surface area contributed by atoms with Crippen LogP contribution in [0.15, 0.2) is 10.7 Å². The molecule has 2 atom stereocenters. The van der Waals surface area contributed by atoms with Gasteiger partial charge in [0, 0.05) is 25.3 Å². The van der Waals surface area contributed by atoms with E-state index < -0.39 is 18.0 Å². The van der Waals surface area contributed by atoms with Gasteiger partial charge in [-0.15, -0.1) is 0 Å². The van der Waals surface area contributed by atoms with E-state index in [0.29, 0.717) is 11.3 Å². The Morgan fingerprint density at radius 1 is 1.21 bits per heavy atom. The fraction of sp³-hybridized carbons (Fsp3) is 0.750.